The molecule has 2 atom stereocenters. The molecule has 0 amide bonds. The van der Waals surface area contributed by atoms with Crippen molar-refractivity contribution in [2.75, 3.05) is 27.2 Å². The molecule has 106 valence electrons. The Labute approximate surface area is 116 Å². The van der Waals surface area contributed by atoms with Gasteiger partial charge in [0, 0.05) is 12.1 Å². The van der Waals surface area contributed by atoms with E-state index in [1.54, 1.807) is 0 Å². The molecule has 0 saturated carbocycles. The van der Waals surface area contributed by atoms with Crippen molar-refractivity contribution in [3.63, 3.8) is 0 Å². The Hall–Kier alpha value is -1.06. The molecule has 2 unspecified atom stereocenters. The van der Waals surface area contributed by atoms with Crippen LogP contribution in [0.15, 0.2) is 24.3 Å². The van der Waals surface area contributed by atoms with Gasteiger partial charge in [0.25, 0.3) is 0 Å². The summed E-state index contributed by atoms with van der Waals surface area (Å²) in [6.07, 6.45) is 3.59. The molecule has 1 N–H and O–H groups in total. The monoisotopic (exact) mass is 262 g/mol. The molecular formula is C16H26N2O. The highest BCUT2D eigenvalue weighted by Crippen LogP contribution is 2.28. The largest absolute Gasteiger partial charge is 0.494 e. The molecule has 1 aliphatic heterocycles. The second-order valence-electron chi connectivity index (χ2n) is 5.53. The second kappa shape index (κ2) is 6.92. The predicted octanol–water partition coefficient (Wildman–Crippen LogP) is 2.83. The third-order valence-electron chi connectivity index (χ3n) is 3.73. The Morgan fingerprint density at radius 3 is 2.58 bits per heavy atom. The second-order valence-corrected chi connectivity index (χ2v) is 5.53. The van der Waals surface area contributed by atoms with Gasteiger partial charge < -0.3 is 15.0 Å². The van der Waals surface area contributed by atoms with E-state index in [-0.39, 0.29) is 0 Å². The SMILES string of the molecule is CCCOc1ccc(C(C2CCCN2)N(C)C)cc1. The van der Waals surface area contributed by atoms with E-state index in [0.29, 0.717) is 12.1 Å². The van der Waals surface area contributed by atoms with E-state index in [9.17, 15) is 0 Å². The van der Waals surface area contributed by atoms with Crippen LogP contribution in [-0.2, 0) is 0 Å². The topological polar surface area (TPSA) is 24.5 Å². The fourth-order valence-corrected chi connectivity index (χ4v) is 2.85. The van der Waals surface area contributed by atoms with Crippen LogP contribution in [0.5, 0.6) is 5.75 Å². The first-order valence-electron chi connectivity index (χ1n) is 7.35. The minimum absolute atomic E-state index is 0.447. The van der Waals surface area contributed by atoms with Crippen LogP contribution in [0.2, 0.25) is 0 Å². The molecule has 1 aromatic carbocycles. The minimum Gasteiger partial charge on any atom is -0.494 e. The Morgan fingerprint density at radius 1 is 1.32 bits per heavy atom. The summed E-state index contributed by atoms with van der Waals surface area (Å²) in [5.41, 5.74) is 1.37. The molecule has 1 aromatic rings. The number of nitrogens with zero attached hydrogens (tertiary/aromatic N) is 1. The predicted molar refractivity (Wildman–Crippen MR) is 79.7 cm³/mol. The molecule has 2 rings (SSSR count). The maximum Gasteiger partial charge on any atom is 0.119 e. The van der Waals surface area contributed by atoms with Gasteiger partial charge in [-0.25, -0.2) is 0 Å². The third-order valence-corrected chi connectivity index (χ3v) is 3.73. The number of hydrogen-bond acceptors (Lipinski definition) is 3. The van der Waals surface area contributed by atoms with E-state index in [2.05, 4.69) is 55.5 Å². The van der Waals surface area contributed by atoms with Gasteiger partial charge in [-0.2, -0.15) is 0 Å². The first-order valence-corrected chi connectivity index (χ1v) is 7.35. The molecule has 0 aliphatic carbocycles. The van der Waals surface area contributed by atoms with E-state index < -0.39 is 0 Å². The highest BCUT2D eigenvalue weighted by molar-refractivity contribution is 5.30. The zero-order chi connectivity index (χ0) is 13.7. The molecule has 1 heterocycles. The van der Waals surface area contributed by atoms with E-state index in [1.165, 1.54) is 18.4 Å². The maximum absolute atomic E-state index is 5.65. The number of rotatable bonds is 6. The van der Waals surface area contributed by atoms with E-state index >= 15 is 0 Å². The first kappa shape index (κ1) is 14.4. The van der Waals surface area contributed by atoms with Crippen LogP contribution < -0.4 is 10.1 Å². The van der Waals surface area contributed by atoms with Crippen molar-refractivity contribution in [3.05, 3.63) is 29.8 Å². The first-order chi connectivity index (χ1) is 9.22. The minimum atomic E-state index is 0.447. The lowest BCUT2D eigenvalue weighted by molar-refractivity contribution is 0.244. The van der Waals surface area contributed by atoms with Gasteiger partial charge in [-0.05, 0) is 57.6 Å². The molecular weight excluding hydrogens is 236 g/mol. The summed E-state index contributed by atoms with van der Waals surface area (Å²) in [7, 11) is 4.32. The van der Waals surface area contributed by atoms with Gasteiger partial charge in [0.2, 0.25) is 0 Å². The summed E-state index contributed by atoms with van der Waals surface area (Å²) in [5.74, 6) is 0.975. The zero-order valence-electron chi connectivity index (χ0n) is 12.4. The summed E-state index contributed by atoms with van der Waals surface area (Å²) in [4.78, 5) is 2.31. The van der Waals surface area contributed by atoms with Crippen molar-refractivity contribution in [1.82, 2.24) is 10.2 Å². The number of hydrogen-bond donors (Lipinski definition) is 1. The molecule has 0 bridgehead atoms. The summed E-state index contributed by atoms with van der Waals surface area (Å²) in [5, 5.41) is 3.61. The van der Waals surface area contributed by atoms with Crippen LogP contribution >= 0.6 is 0 Å². The Morgan fingerprint density at radius 2 is 2.05 bits per heavy atom. The summed E-state index contributed by atoms with van der Waals surface area (Å²) < 4.78 is 5.65. The molecule has 1 fully saturated rings. The van der Waals surface area contributed by atoms with Crippen LogP contribution in [0.3, 0.4) is 0 Å². The van der Waals surface area contributed by atoms with Crippen LogP contribution in [0.25, 0.3) is 0 Å². The van der Waals surface area contributed by atoms with Crippen molar-refractivity contribution in [1.29, 1.82) is 0 Å². The lowest BCUT2D eigenvalue weighted by Gasteiger charge is -2.30. The quantitative estimate of drug-likeness (QED) is 0.853. The van der Waals surface area contributed by atoms with Gasteiger partial charge in [-0.3, -0.25) is 0 Å². The van der Waals surface area contributed by atoms with Gasteiger partial charge in [-0.15, -0.1) is 0 Å². The summed E-state index contributed by atoms with van der Waals surface area (Å²) in [6.45, 7) is 4.07. The van der Waals surface area contributed by atoms with Crippen LogP contribution in [0, 0.1) is 0 Å². The molecule has 19 heavy (non-hydrogen) atoms. The molecule has 0 aromatic heterocycles. The van der Waals surface area contributed by atoms with E-state index in [0.717, 1.165) is 25.3 Å². The van der Waals surface area contributed by atoms with Crippen LogP contribution in [0.4, 0.5) is 0 Å². The summed E-state index contributed by atoms with van der Waals surface area (Å²) >= 11 is 0. The van der Waals surface area contributed by atoms with Crippen LogP contribution in [0.1, 0.15) is 37.8 Å². The molecule has 3 nitrogen and oxygen atoms in total. The molecule has 0 spiro atoms. The molecule has 3 heteroatoms. The number of ether oxygens (including phenoxy) is 1. The molecule has 0 radical (unpaired) electrons. The highest BCUT2D eigenvalue weighted by Gasteiger charge is 2.27. The van der Waals surface area contributed by atoms with Gasteiger partial charge in [-0.1, -0.05) is 19.1 Å². The lowest BCUT2D eigenvalue weighted by Crippen LogP contribution is -2.37. The van der Waals surface area contributed by atoms with Crippen LogP contribution in [-0.4, -0.2) is 38.2 Å². The van der Waals surface area contributed by atoms with Crippen molar-refractivity contribution in [2.45, 2.75) is 38.3 Å². The average Bonchev–Trinajstić information content (AvgIpc) is 2.91. The van der Waals surface area contributed by atoms with Crippen molar-refractivity contribution in [3.8, 4) is 5.75 Å². The maximum atomic E-state index is 5.65. The fraction of sp³-hybridized carbons (Fsp3) is 0.625. The van der Waals surface area contributed by atoms with E-state index in [4.69, 9.17) is 4.74 Å². The smallest absolute Gasteiger partial charge is 0.119 e. The van der Waals surface area contributed by atoms with E-state index in [1.807, 2.05) is 0 Å². The third kappa shape index (κ3) is 3.71. The molecule has 1 saturated heterocycles. The average molecular weight is 262 g/mol. The number of nitrogens with one attached hydrogen (secondary N) is 1. The zero-order valence-corrected chi connectivity index (χ0v) is 12.4. The van der Waals surface area contributed by atoms with Gasteiger partial charge in [0.1, 0.15) is 5.75 Å². The van der Waals surface area contributed by atoms with Gasteiger partial charge in [0.15, 0.2) is 0 Å². The number of likely N-dealkylation sites (N-methyl/N-ethyl adjacent to an activating group) is 1. The lowest BCUT2D eigenvalue weighted by atomic mass is 9.97. The Bertz CT molecular complexity index is 369. The Balaban J connectivity index is 2.08. The standard InChI is InChI=1S/C16H26N2O/c1-4-12-19-14-9-7-13(8-10-14)16(18(2)3)15-6-5-11-17-15/h7-10,15-17H,4-6,11-12H2,1-3H3. The van der Waals surface area contributed by atoms with Crippen molar-refractivity contribution >= 4 is 0 Å². The summed E-state index contributed by atoms with van der Waals surface area (Å²) in [6, 6.07) is 9.61. The molecule has 1 aliphatic rings. The highest BCUT2D eigenvalue weighted by atomic mass is 16.5. The normalized spacial score (nSPS) is 20.7. The number of benzene rings is 1. The Kier molecular flexibility index (Phi) is 5.23. The fourth-order valence-electron chi connectivity index (χ4n) is 2.85. The van der Waals surface area contributed by atoms with Gasteiger partial charge in [0.05, 0.1) is 6.61 Å². The van der Waals surface area contributed by atoms with Gasteiger partial charge >= 0.3 is 0 Å². The van der Waals surface area contributed by atoms with Crippen molar-refractivity contribution in [2.24, 2.45) is 0 Å². The van der Waals surface area contributed by atoms with Crippen molar-refractivity contribution < 1.29 is 4.74 Å².